The van der Waals surface area contributed by atoms with Gasteiger partial charge < -0.3 is 9.40 Å². The van der Waals surface area contributed by atoms with Gasteiger partial charge in [0, 0.05) is 34.5 Å². The highest BCUT2D eigenvalue weighted by molar-refractivity contribution is 6.34. The fourth-order valence-corrected chi connectivity index (χ4v) is 5.42. The molecule has 7 nitrogen and oxygen atoms in total. The fourth-order valence-electron chi connectivity index (χ4n) is 5.14. The molecule has 0 aliphatic carbocycles. The van der Waals surface area contributed by atoms with Crippen molar-refractivity contribution < 1.29 is 4.42 Å². The van der Waals surface area contributed by atoms with E-state index in [9.17, 15) is 9.59 Å². The maximum Gasteiger partial charge on any atom is 0.333 e. The lowest BCUT2D eigenvalue weighted by molar-refractivity contribution is 0.561. The first-order valence-corrected chi connectivity index (χ1v) is 12.6. The first-order chi connectivity index (χ1) is 19.0. The van der Waals surface area contributed by atoms with Crippen LogP contribution in [0.1, 0.15) is 5.89 Å². The van der Waals surface area contributed by atoms with E-state index in [1.54, 1.807) is 18.3 Å². The molecule has 1 N–H and O–H groups in total. The highest BCUT2D eigenvalue weighted by atomic mass is 35.5. The van der Waals surface area contributed by atoms with E-state index in [0.717, 1.165) is 43.1 Å². The molecule has 0 saturated carbocycles. The van der Waals surface area contributed by atoms with Crippen LogP contribution in [0.15, 0.2) is 105 Å². The topological polar surface area (TPSA) is 93.8 Å². The average molecular weight is 531 g/mol. The molecule has 0 bridgehead atoms. The molecule has 188 valence electrons. The zero-order chi connectivity index (χ0) is 26.7. The largest absolute Gasteiger partial charge is 0.441 e. The first kappa shape index (κ1) is 23.1. The third-order valence-corrected chi connectivity index (χ3v) is 7.21. The molecule has 0 spiro atoms. The molecule has 7 rings (SSSR count). The van der Waals surface area contributed by atoms with E-state index in [1.165, 1.54) is 6.20 Å². The van der Waals surface area contributed by atoms with Crippen molar-refractivity contribution in [3.63, 3.8) is 0 Å². The first-order valence-electron chi connectivity index (χ1n) is 12.3. The van der Waals surface area contributed by atoms with Gasteiger partial charge in [-0.25, -0.2) is 14.3 Å². The Balaban J connectivity index is 1.41. The molecule has 0 aliphatic heterocycles. The number of H-pyrrole nitrogens is 1. The van der Waals surface area contributed by atoms with E-state index < -0.39 is 11.2 Å². The van der Waals surface area contributed by atoms with Crippen LogP contribution in [0.2, 0.25) is 5.02 Å². The number of rotatable bonds is 3. The molecule has 4 aromatic carbocycles. The Bertz CT molecular complexity index is 2210. The summed E-state index contributed by atoms with van der Waals surface area (Å²) in [6, 6.07) is 24.3. The SMILES string of the molecule is Cc1nc2cc(-c3cccc(Cl)c3-c3ccc4c(=O)n(-c5cncc6ccccc56)c(=O)[nH]c4c3)ccc2o1. The zero-order valence-electron chi connectivity index (χ0n) is 20.6. The van der Waals surface area contributed by atoms with Crippen molar-refractivity contribution in [1.29, 1.82) is 0 Å². The van der Waals surface area contributed by atoms with Gasteiger partial charge in [0.05, 0.1) is 22.8 Å². The maximum absolute atomic E-state index is 13.6. The second-order valence-electron chi connectivity index (χ2n) is 9.29. The van der Waals surface area contributed by atoms with Crippen LogP contribution < -0.4 is 11.2 Å². The lowest BCUT2D eigenvalue weighted by Gasteiger charge is -2.14. The van der Waals surface area contributed by atoms with Gasteiger partial charge in [-0.15, -0.1) is 0 Å². The number of oxazole rings is 1. The molecule has 3 aromatic heterocycles. The van der Waals surface area contributed by atoms with E-state index >= 15 is 0 Å². The van der Waals surface area contributed by atoms with E-state index in [0.29, 0.717) is 33.1 Å². The van der Waals surface area contributed by atoms with Gasteiger partial charge in [-0.3, -0.25) is 9.78 Å². The number of aromatic amines is 1. The smallest absolute Gasteiger partial charge is 0.333 e. The van der Waals surface area contributed by atoms with Crippen LogP contribution in [0.4, 0.5) is 0 Å². The summed E-state index contributed by atoms with van der Waals surface area (Å²) in [4.78, 5) is 38.4. The third kappa shape index (κ3) is 3.74. The monoisotopic (exact) mass is 530 g/mol. The van der Waals surface area contributed by atoms with Crippen molar-refractivity contribution in [3.05, 3.63) is 123 Å². The summed E-state index contributed by atoms with van der Waals surface area (Å²) in [7, 11) is 0. The summed E-state index contributed by atoms with van der Waals surface area (Å²) >= 11 is 6.73. The van der Waals surface area contributed by atoms with Gasteiger partial charge in [0.2, 0.25) is 0 Å². The summed E-state index contributed by atoms with van der Waals surface area (Å²) < 4.78 is 6.76. The zero-order valence-corrected chi connectivity index (χ0v) is 21.4. The summed E-state index contributed by atoms with van der Waals surface area (Å²) in [6.07, 6.45) is 3.23. The van der Waals surface area contributed by atoms with Gasteiger partial charge in [-0.05, 0) is 47.0 Å². The number of halogens is 1. The van der Waals surface area contributed by atoms with Gasteiger partial charge in [-0.1, -0.05) is 60.1 Å². The molecule has 0 fully saturated rings. The Morgan fingerprint density at radius 2 is 1.72 bits per heavy atom. The van der Waals surface area contributed by atoms with Crippen molar-refractivity contribution in [2.24, 2.45) is 0 Å². The minimum Gasteiger partial charge on any atom is -0.441 e. The molecule has 0 atom stereocenters. The number of aryl methyl sites for hydroxylation is 1. The lowest BCUT2D eigenvalue weighted by Crippen LogP contribution is -2.33. The summed E-state index contributed by atoms with van der Waals surface area (Å²) in [5, 5.41) is 2.51. The van der Waals surface area contributed by atoms with Crippen LogP contribution in [-0.2, 0) is 0 Å². The molecule has 3 heterocycles. The Morgan fingerprint density at radius 1 is 0.872 bits per heavy atom. The summed E-state index contributed by atoms with van der Waals surface area (Å²) in [5.41, 5.74) is 4.69. The highest BCUT2D eigenvalue weighted by Gasteiger charge is 2.17. The van der Waals surface area contributed by atoms with E-state index in [-0.39, 0.29) is 0 Å². The minimum atomic E-state index is -0.547. The number of nitrogens with zero attached hydrogens (tertiary/aromatic N) is 3. The molecular formula is C31H19ClN4O3. The molecule has 39 heavy (non-hydrogen) atoms. The number of pyridine rings is 1. The highest BCUT2D eigenvalue weighted by Crippen LogP contribution is 2.39. The normalized spacial score (nSPS) is 11.5. The lowest BCUT2D eigenvalue weighted by atomic mass is 9.94. The molecular weight excluding hydrogens is 512 g/mol. The number of hydrogen-bond donors (Lipinski definition) is 1. The molecule has 0 unspecified atom stereocenters. The van der Waals surface area contributed by atoms with Crippen LogP contribution in [0, 0.1) is 6.92 Å². The van der Waals surface area contributed by atoms with Crippen LogP contribution in [0.5, 0.6) is 0 Å². The molecule has 8 heteroatoms. The number of fused-ring (bicyclic) bond motifs is 3. The number of aromatic nitrogens is 4. The predicted octanol–water partition coefficient (Wildman–Crippen LogP) is 6.66. The number of hydrogen-bond acceptors (Lipinski definition) is 5. The van der Waals surface area contributed by atoms with Crippen LogP contribution in [-0.4, -0.2) is 19.5 Å². The van der Waals surface area contributed by atoms with E-state index in [4.69, 9.17) is 16.0 Å². The van der Waals surface area contributed by atoms with E-state index in [1.807, 2.05) is 73.7 Å². The van der Waals surface area contributed by atoms with Gasteiger partial charge >= 0.3 is 5.69 Å². The Hall–Kier alpha value is -5.01. The summed E-state index contributed by atoms with van der Waals surface area (Å²) in [6.45, 7) is 1.81. The molecule has 0 aliphatic rings. The Morgan fingerprint density at radius 3 is 2.62 bits per heavy atom. The van der Waals surface area contributed by atoms with E-state index in [2.05, 4.69) is 15.0 Å². The van der Waals surface area contributed by atoms with Gasteiger partial charge in [-0.2, -0.15) is 0 Å². The minimum absolute atomic E-state index is 0.374. The maximum atomic E-state index is 13.6. The number of nitrogens with one attached hydrogen (secondary N) is 1. The quantitative estimate of drug-likeness (QED) is 0.275. The predicted molar refractivity (Wildman–Crippen MR) is 154 cm³/mol. The van der Waals surface area contributed by atoms with Crippen LogP contribution >= 0.6 is 11.6 Å². The molecule has 0 saturated heterocycles. The van der Waals surface area contributed by atoms with Crippen molar-refractivity contribution in [3.8, 4) is 27.9 Å². The van der Waals surface area contributed by atoms with Gasteiger partial charge in [0.25, 0.3) is 5.56 Å². The number of benzene rings is 4. The summed E-state index contributed by atoms with van der Waals surface area (Å²) in [5.74, 6) is 0.594. The second kappa shape index (κ2) is 8.79. The van der Waals surface area contributed by atoms with Crippen molar-refractivity contribution in [2.45, 2.75) is 6.92 Å². The Kier molecular flexibility index (Phi) is 5.21. The molecule has 0 radical (unpaired) electrons. The Labute approximate surface area is 226 Å². The van der Waals surface area contributed by atoms with Crippen LogP contribution in [0.3, 0.4) is 0 Å². The molecule has 7 aromatic rings. The van der Waals surface area contributed by atoms with Gasteiger partial charge in [0.1, 0.15) is 5.52 Å². The van der Waals surface area contributed by atoms with Crippen molar-refractivity contribution in [2.75, 3.05) is 0 Å². The average Bonchev–Trinajstić information content (AvgIpc) is 3.32. The van der Waals surface area contributed by atoms with Crippen molar-refractivity contribution in [1.82, 2.24) is 19.5 Å². The molecule has 0 amide bonds. The van der Waals surface area contributed by atoms with Gasteiger partial charge in [0.15, 0.2) is 11.5 Å². The van der Waals surface area contributed by atoms with Crippen LogP contribution in [0.25, 0.3) is 60.7 Å². The second-order valence-corrected chi connectivity index (χ2v) is 9.70. The fraction of sp³-hybridized carbons (Fsp3) is 0.0323. The third-order valence-electron chi connectivity index (χ3n) is 6.89. The standard InChI is InChI=1S/C31H19ClN4O3/c1-17-34-26-13-18(10-12-28(26)39-17)22-7-4-8-24(32)29(22)19-9-11-23-25(14-19)35-31(38)36(30(23)37)27-16-33-15-20-5-2-3-6-21(20)27/h2-16H,1H3,(H,35,38). The van der Waals surface area contributed by atoms with Crippen molar-refractivity contribution >= 4 is 44.4 Å².